The number of hydrogen-bond acceptors (Lipinski definition) is 6. The number of carbonyl (C=O) groups excluding carboxylic acids is 1. The Balaban J connectivity index is 1.77. The molecule has 3 N–H and O–H groups in total. The average molecular weight is 383 g/mol. The number of nitrogens with one attached hydrogen (secondary N) is 3. The van der Waals surface area contributed by atoms with Gasteiger partial charge >= 0.3 is 0 Å². The van der Waals surface area contributed by atoms with Crippen LogP contribution >= 0.6 is 11.6 Å². The van der Waals surface area contributed by atoms with Crippen LogP contribution in [0.4, 0.5) is 17.5 Å². The fraction of sp³-hybridized carbons (Fsp3) is 0.158. The lowest BCUT2D eigenvalue weighted by Crippen LogP contribution is -2.26. The van der Waals surface area contributed by atoms with Crippen LogP contribution in [0.3, 0.4) is 0 Å². The van der Waals surface area contributed by atoms with Gasteiger partial charge in [0.25, 0.3) is 0 Å². The molecular weight excluding hydrogens is 364 g/mol. The molecule has 0 unspecified atom stereocenters. The summed E-state index contributed by atoms with van der Waals surface area (Å²) in [6, 6.07) is 12.9. The van der Waals surface area contributed by atoms with E-state index in [1.54, 1.807) is 24.5 Å². The molecule has 0 saturated heterocycles. The van der Waals surface area contributed by atoms with Crippen LogP contribution in [-0.4, -0.2) is 33.9 Å². The maximum Gasteiger partial charge on any atom is 0.227 e. The number of carbonyl (C=O) groups is 1. The lowest BCUT2D eigenvalue weighted by molar-refractivity contribution is -0.118. The molecule has 27 heavy (non-hydrogen) atoms. The number of pyridine rings is 1. The van der Waals surface area contributed by atoms with Crippen molar-refractivity contribution in [3.63, 3.8) is 0 Å². The Hall–Kier alpha value is -3.19. The summed E-state index contributed by atoms with van der Waals surface area (Å²) in [6.45, 7) is 2.56. The Labute approximate surface area is 162 Å². The Morgan fingerprint density at radius 1 is 1.07 bits per heavy atom. The smallest absolute Gasteiger partial charge is 0.227 e. The molecule has 0 bridgehead atoms. The number of anilines is 3. The second kappa shape index (κ2) is 8.95. The summed E-state index contributed by atoms with van der Waals surface area (Å²) in [6.07, 6.45) is 3.39. The molecule has 7 nitrogen and oxygen atoms in total. The Morgan fingerprint density at radius 3 is 2.78 bits per heavy atom. The van der Waals surface area contributed by atoms with Crippen molar-refractivity contribution in [3.8, 4) is 11.3 Å². The maximum absolute atomic E-state index is 11.0. The summed E-state index contributed by atoms with van der Waals surface area (Å²) in [4.78, 5) is 24.2. The zero-order chi connectivity index (χ0) is 19.1. The predicted octanol–water partition coefficient (Wildman–Crippen LogP) is 3.48. The minimum Gasteiger partial charge on any atom is -0.368 e. The SMILES string of the molecule is CC(=O)NCCNc1ncccc1-c1ccnc(Nc2cccc(Cl)c2)n1. The van der Waals surface area contributed by atoms with Gasteiger partial charge in [0.2, 0.25) is 11.9 Å². The van der Waals surface area contributed by atoms with Crippen molar-refractivity contribution in [2.75, 3.05) is 23.7 Å². The van der Waals surface area contributed by atoms with Gasteiger partial charge < -0.3 is 16.0 Å². The Bertz CT molecular complexity index is 933. The fourth-order valence-corrected chi connectivity index (χ4v) is 2.63. The number of nitrogens with zero attached hydrogens (tertiary/aromatic N) is 3. The number of benzene rings is 1. The van der Waals surface area contributed by atoms with Crippen LogP contribution < -0.4 is 16.0 Å². The first-order valence-electron chi connectivity index (χ1n) is 8.41. The van der Waals surface area contributed by atoms with E-state index in [4.69, 9.17) is 11.6 Å². The molecular formula is C19H19ClN6O. The maximum atomic E-state index is 11.0. The first-order valence-corrected chi connectivity index (χ1v) is 8.79. The molecule has 0 aliphatic heterocycles. The number of halogens is 1. The molecule has 0 atom stereocenters. The standard InChI is InChI=1S/C19H19ClN6O/c1-13(27)21-10-11-23-18-16(6-3-8-22-18)17-7-9-24-19(26-17)25-15-5-2-4-14(20)12-15/h2-9,12H,10-11H2,1H3,(H,21,27)(H,22,23)(H,24,25,26). The van der Waals surface area contributed by atoms with Gasteiger partial charge in [0.1, 0.15) is 5.82 Å². The summed E-state index contributed by atoms with van der Waals surface area (Å²) < 4.78 is 0. The third kappa shape index (κ3) is 5.39. The van der Waals surface area contributed by atoms with E-state index in [1.807, 2.05) is 30.3 Å². The van der Waals surface area contributed by atoms with Crippen molar-refractivity contribution in [2.45, 2.75) is 6.92 Å². The topological polar surface area (TPSA) is 91.8 Å². The molecule has 1 amide bonds. The fourth-order valence-electron chi connectivity index (χ4n) is 2.44. The normalized spacial score (nSPS) is 10.3. The van der Waals surface area contributed by atoms with E-state index in [1.165, 1.54) is 6.92 Å². The van der Waals surface area contributed by atoms with Crippen molar-refractivity contribution in [1.29, 1.82) is 0 Å². The molecule has 0 aliphatic rings. The minimum absolute atomic E-state index is 0.0643. The highest BCUT2D eigenvalue weighted by molar-refractivity contribution is 6.30. The summed E-state index contributed by atoms with van der Waals surface area (Å²) in [5, 5.41) is 9.74. The monoisotopic (exact) mass is 382 g/mol. The van der Waals surface area contributed by atoms with E-state index in [-0.39, 0.29) is 5.91 Å². The van der Waals surface area contributed by atoms with E-state index in [2.05, 4.69) is 30.9 Å². The molecule has 2 heterocycles. The lowest BCUT2D eigenvalue weighted by Gasteiger charge is -2.12. The molecule has 0 aliphatic carbocycles. The molecule has 0 spiro atoms. The van der Waals surface area contributed by atoms with E-state index in [9.17, 15) is 4.79 Å². The van der Waals surface area contributed by atoms with Crippen molar-refractivity contribution in [2.24, 2.45) is 0 Å². The first-order chi connectivity index (χ1) is 13.1. The van der Waals surface area contributed by atoms with Crippen LogP contribution in [0, 0.1) is 0 Å². The molecule has 1 aromatic carbocycles. The molecule has 0 saturated carbocycles. The van der Waals surface area contributed by atoms with Crippen LogP contribution in [0.2, 0.25) is 5.02 Å². The highest BCUT2D eigenvalue weighted by Gasteiger charge is 2.09. The van der Waals surface area contributed by atoms with Crippen LogP contribution in [-0.2, 0) is 4.79 Å². The van der Waals surface area contributed by atoms with Gasteiger partial charge in [-0.1, -0.05) is 17.7 Å². The molecule has 0 radical (unpaired) electrons. The quantitative estimate of drug-likeness (QED) is 0.542. The van der Waals surface area contributed by atoms with Crippen molar-refractivity contribution >= 4 is 35.0 Å². The zero-order valence-electron chi connectivity index (χ0n) is 14.7. The summed E-state index contributed by atoms with van der Waals surface area (Å²) in [7, 11) is 0. The molecule has 3 aromatic rings. The lowest BCUT2D eigenvalue weighted by atomic mass is 10.2. The van der Waals surface area contributed by atoms with Gasteiger partial charge in [-0.25, -0.2) is 15.0 Å². The minimum atomic E-state index is -0.0643. The van der Waals surface area contributed by atoms with Crippen LogP contribution in [0.5, 0.6) is 0 Å². The van der Waals surface area contributed by atoms with Crippen molar-refractivity contribution in [3.05, 3.63) is 59.9 Å². The van der Waals surface area contributed by atoms with Crippen molar-refractivity contribution in [1.82, 2.24) is 20.3 Å². The molecule has 138 valence electrons. The third-order valence-electron chi connectivity index (χ3n) is 3.61. The summed E-state index contributed by atoms with van der Waals surface area (Å²) >= 11 is 6.02. The molecule has 2 aromatic heterocycles. The van der Waals surface area contributed by atoms with Gasteiger partial charge in [-0.2, -0.15) is 0 Å². The van der Waals surface area contributed by atoms with Gasteiger partial charge in [0.05, 0.1) is 5.69 Å². The van der Waals surface area contributed by atoms with E-state index < -0.39 is 0 Å². The first kappa shape index (κ1) is 18.6. The van der Waals surface area contributed by atoms with Crippen LogP contribution in [0.25, 0.3) is 11.3 Å². The number of amides is 1. The van der Waals surface area contributed by atoms with Crippen LogP contribution in [0.1, 0.15) is 6.92 Å². The summed E-state index contributed by atoms with van der Waals surface area (Å²) in [5.74, 6) is 1.09. The van der Waals surface area contributed by atoms with E-state index in [0.717, 1.165) is 16.9 Å². The molecule has 3 rings (SSSR count). The van der Waals surface area contributed by atoms with E-state index >= 15 is 0 Å². The third-order valence-corrected chi connectivity index (χ3v) is 3.85. The van der Waals surface area contributed by atoms with Gasteiger partial charge in [-0.3, -0.25) is 4.79 Å². The van der Waals surface area contributed by atoms with Gasteiger partial charge in [-0.15, -0.1) is 0 Å². The Morgan fingerprint density at radius 2 is 1.96 bits per heavy atom. The van der Waals surface area contributed by atoms with Gasteiger partial charge in [0.15, 0.2) is 0 Å². The second-order valence-corrected chi connectivity index (χ2v) is 6.15. The molecule has 8 heteroatoms. The number of aromatic nitrogens is 3. The van der Waals surface area contributed by atoms with Gasteiger partial charge in [-0.05, 0) is 36.4 Å². The molecule has 0 fully saturated rings. The largest absolute Gasteiger partial charge is 0.368 e. The average Bonchev–Trinajstić information content (AvgIpc) is 2.66. The highest BCUT2D eigenvalue weighted by Crippen LogP contribution is 2.25. The van der Waals surface area contributed by atoms with Crippen molar-refractivity contribution < 1.29 is 4.79 Å². The van der Waals surface area contributed by atoms with Crippen LogP contribution in [0.15, 0.2) is 54.9 Å². The Kier molecular flexibility index (Phi) is 6.17. The number of rotatable bonds is 7. The predicted molar refractivity (Wildman–Crippen MR) is 107 cm³/mol. The number of hydrogen-bond donors (Lipinski definition) is 3. The van der Waals surface area contributed by atoms with Gasteiger partial charge in [0, 0.05) is 48.7 Å². The summed E-state index contributed by atoms with van der Waals surface area (Å²) in [5.41, 5.74) is 2.38. The zero-order valence-corrected chi connectivity index (χ0v) is 15.5. The van der Waals surface area contributed by atoms with E-state index in [0.29, 0.717) is 29.9 Å². The highest BCUT2D eigenvalue weighted by atomic mass is 35.5. The second-order valence-electron chi connectivity index (χ2n) is 5.71.